The molecule has 1 saturated heterocycles. The average molecular weight is 770 g/mol. The molecule has 0 aromatic heterocycles. The zero-order valence-corrected chi connectivity index (χ0v) is 30.9. The summed E-state index contributed by atoms with van der Waals surface area (Å²) >= 11 is 5.31. The summed E-state index contributed by atoms with van der Waals surface area (Å²) in [5.74, 6) is -5.69. The minimum Gasteiger partial charge on any atom is -0.370 e. The van der Waals surface area contributed by atoms with Crippen LogP contribution >= 0.6 is 12.2 Å². The third kappa shape index (κ3) is 13.6. The monoisotopic (exact) mass is 769 g/mol. The van der Waals surface area contributed by atoms with Crippen LogP contribution in [0.15, 0.2) is 53.5 Å². The minimum atomic E-state index is -1.56. The quantitative estimate of drug-likeness (QED) is 0.0333. The smallest absolute Gasteiger partial charge is 0.251 e. The maximum Gasteiger partial charge on any atom is 0.251 e. The highest BCUT2D eigenvalue weighted by molar-refractivity contribution is 7.80. The SMILES string of the molecule is CC(C)C[C@H](NC(=O)[C@H](CCCN=C(N)N)NC(=O)c1ccc(N2CCNC2=S)cc1)C(=O)N[C@@H](CC(N)=O)C(=O)N[C@@H](Cc1ccc(F)cc1)C(N)=O. The number of amides is 6. The second-order valence-corrected chi connectivity index (χ2v) is 13.5. The molecule has 0 radical (unpaired) electrons. The maximum atomic E-state index is 13.8. The number of nitrogens with one attached hydrogen (secondary N) is 5. The van der Waals surface area contributed by atoms with Crippen molar-refractivity contribution < 1.29 is 33.2 Å². The normalized spacial score (nSPS) is 14.5. The molecular formula is C35H48FN11O6S. The number of carbonyl (C=O) groups is 6. The first kappa shape index (κ1) is 42.6. The van der Waals surface area contributed by atoms with E-state index in [4.69, 9.17) is 35.2 Å². The van der Waals surface area contributed by atoms with Crippen molar-refractivity contribution in [2.24, 2.45) is 33.8 Å². The van der Waals surface area contributed by atoms with Crippen LogP contribution in [-0.2, 0) is 30.4 Å². The number of nitrogens with zero attached hydrogens (tertiary/aromatic N) is 2. The molecule has 0 saturated carbocycles. The molecule has 4 atom stereocenters. The maximum absolute atomic E-state index is 13.8. The molecule has 13 N–H and O–H groups in total. The summed E-state index contributed by atoms with van der Waals surface area (Å²) in [6, 6.07) is 6.63. The number of thiocarbonyl (C=S) groups is 1. The van der Waals surface area contributed by atoms with Crippen LogP contribution in [0.5, 0.6) is 0 Å². The Kier molecular flexibility index (Phi) is 16.1. The molecule has 3 rings (SSSR count). The van der Waals surface area contributed by atoms with Crippen molar-refractivity contribution in [2.45, 2.75) is 70.1 Å². The molecule has 0 unspecified atom stereocenters. The van der Waals surface area contributed by atoms with Gasteiger partial charge < -0.3 is 54.4 Å². The van der Waals surface area contributed by atoms with Gasteiger partial charge in [-0.2, -0.15) is 0 Å². The minimum absolute atomic E-state index is 0.0887. The molecule has 6 amide bonds. The Morgan fingerprint density at radius 3 is 1.98 bits per heavy atom. The Balaban J connectivity index is 1.77. The average Bonchev–Trinajstić information content (AvgIpc) is 3.54. The van der Waals surface area contributed by atoms with Crippen LogP contribution in [0.4, 0.5) is 10.1 Å². The van der Waals surface area contributed by atoms with Gasteiger partial charge in [0.05, 0.1) is 6.42 Å². The lowest BCUT2D eigenvalue weighted by atomic mass is 10.0. The van der Waals surface area contributed by atoms with Crippen LogP contribution in [0.2, 0.25) is 0 Å². The highest BCUT2D eigenvalue weighted by Crippen LogP contribution is 2.18. The number of benzene rings is 2. The highest BCUT2D eigenvalue weighted by Gasteiger charge is 2.32. The Morgan fingerprint density at radius 2 is 1.43 bits per heavy atom. The number of rotatable bonds is 20. The molecule has 17 nitrogen and oxygen atoms in total. The van der Waals surface area contributed by atoms with E-state index in [1.54, 1.807) is 38.1 Å². The van der Waals surface area contributed by atoms with Crippen LogP contribution in [0.3, 0.4) is 0 Å². The van der Waals surface area contributed by atoms with Gasteiger partial charge in [0, 0.05) is 37.3 Å². The topological polar surface area (TPSA) is 282 Å². The van der Waals surface area contributed by atoms with Gasteiger partial charge in [-0.3, -0.25) is 33.8 Å². The van der Waals surface area contributed by atoms with Gasteiger partial charge in [0.15, 0.2) is 11.1 Å². The van der Waals surface area contributed by atoms with Crippen LogP contribution in [0, 0.1) is 11.7 Å². The van der Waals surface area contributed by atoms with Gasteiger partial charge in [-0.25, -0.2) is 4.39 Å². The number of halogens is 1. The number of carbonyl (C=O) groups excluding carboxylic acids is 6. The third-order valence-electron chi connectivity index (χ3n) is 8.26. The van der Waals surface area contributed by atoms with E-state index in [-0.39, 0.29) is 49.7 Å². The molecule has 1 heterocycles. The second kappa shape index (κ2) is 20.4. The van der Waals surface area contributed by atoms with Crippen LogP contribution in [0.1, 0.15) is 55.5 Å². The lowest BCUT2D eigenvalue weighted by Crippen LogP contribution is -2.59. The molecular weight excluding hydrogens is 722 g/mol. The fourth-order valence-corrected chi connectivity index (χ4v) is 5.83. The molecule has 19 heteroatoms. The molecule has 54 heavy (non-hydrogen) atoms. The number of nitrogens with two attached hydrogens (primary N) is 4. The summed E-state index contributed by atoms with van der Waals surface area (Å²) in [6.45, 7) is 5.13. The summed E-state index contributed by atoms with van der Waals surface area (Å²) in [6.07, 6.45) is -0.277. The predicted octanol–water partition coefficient (Wildman–Crippen LogP) is -1.22. The van der Waals surface area contributed by atoms with Crippen molar-refractivity contribution >= 4 is 64.4 Å². The molecule has 2 aromatic rings. The summed E-state index contributed by atoms with van der Waals surface area (Å²) in [5.41, 5.74) is 23.3. The molecule has 1 aliphatic rings. The number of guanidine groups is 1. The van der Waals surface area contributed by atoms with E-state index in [1.165, 1.54) is 24.3 Å². The number of anilines is 1. The number of hydrogen-bond donors (Lipinski definition) is 9. The van der Waals surface area contributed by atoms with Crippen LogP contribution in [0.25, 0.3) is 0 Å². The zero-order valence-electron chi connectivity index (χ0n) is 30.1. The van der Waals surface area contributed by atoms with Gasteiger partial charge in [-0.15, -0.1) is 0 Å². The van der Waals surface area contributed by atoms with Crippen molar-refractivity contribution in [1.82, 2.24) is 26.6 Å². The third-order valence-corrected chi connectivity index (χ3v) is 8.62. The first-order valence-electron chi connectivity index (χ1n) is 17.3. The van der Waals surface area contributed by atoms with Crippen molar-refractivity contribution in [1.29, 1.82) is 0 Å². The number of hydrogen-bond acceptors (Lipinski definition) is 8. The van der Waals surface area contributed by atoms with Gasteiger partial charge in [-0.1, -0.05) is 26.0 Å². The predicted molar refractivity (Wildman–Crippen MR) is 204 cm³/mol. The molecule has 1 aliphatic heterocycles. The summed E-state index contributed by atoms with van der Waals surface area (Å²) < 4.78 is 13.4. The van der Waals surface area contributed by atoms with Crippen LogP contribution in [-0.4, -0.2) is 90.3 Å². The summed E-state index contributed by atoms with van der Waals surface area (Å²) in [5, 5.41) is 13.9. The Hall–Kier alpha value is -5.85. The second-order valence-electron chi connectivity index (χ2n) is 13.1. The summed E-state index contributed by atoms with van der Waals surface area (Å²) in [7, 11) is 0. The van der Waals surface area contributed by atoms with Crippen molar-refractivity contribution in [2.75, 3.05) is 24.5 Å². The van der Waals surface area contributed by atoms with Gasteiger partial charge in [0.25, 0.3) is 5.91 Å². The van der Waals surface area contributed by atoms with Gasteiger partial charge in [-0.05, 0) is 79.4 Å². The van der Waals surface area contributed by atoms with Crippen LogP contribution < -0.4 is 54.4 Å². The van der Waals surface area contributed by atoms with Crippen molar-refractivity contribution in [3.63, 3.8) is 0 Å². The number of primary amides is 2. The van der Waals surface area contributed by atoms with Gasteiger partial charge in [0.2, 0.25) is 29.5 Å². The molecule has 1 fully saturated rings. The van der Waals surface area contributed by atoms with Gasteiger partial charge in [0.1, 0.15) is 30.0 Å². The van der Waals surface area contributed by atoms with E-state index in [0.717, 1.165) is 5.69 Å². The van der Waals surface area contributed by atoms with E-state index in [2.05, 4.69) is 31.6 Å². The van der Waals surface area contributed by atoms with E-state index in [0.29, 0.717) is 23.8 Å². The fourth-order valence-electron chi connectivity index (χ4n) is 5.53. The first-order chi connectivity index (χ1) is 25.5. The molecule has 0 spiro atoms. The largest absolute Gasteiger partial charge is 0.370 e. The molecule has 0 aliphatic carbocycles. The van der Waals surface area contributed by atoms with E-state index < -0.39 is 71.8 Å². The van der Waals surface area contributed by atoms with Crippen molar-refractivity contribution in [3.05, 3.63) is 65.5 Å². The van der Waals surface area contributed by atoms with E-state index in [1.807, 2.05) is 4.90 Å². The first-order valence-corrected chi connectivity index (χ1v) is 17.7. The van der Waals surface area contributed by atoms with Gasteiger partial charge >= 0.3 is 0 Å². The van der Waals surface area contributed by atoms with Crippen molar-refractivity contribution in [3.8, 4) is 0 Å². The lowest BCUT2D eigenvalue weighted by molar-refractivity contribution is -0.135. The fraction of sp³-hybridized carbons (Fsp3) is 0.429. The highest BCUT2D eigenvalue weighted by atomic mass is 32.1. The summed E-state index contributed by atoms with van der Waals surface area (Å²) in [4.78, 5) is 84.1. The van der Waals surface area contributed by atoms with E-state index >= 15 is 0 Å². The van der Waals surface area contributed by atoms with E-state index in [9.17, 15) is 33.2 Å². The molecule has 292 valence electrons. The number of aliphatic imine (C=N–C) groups is 1. The molecule has 0 bridgehead atoms. The molecule has 2 aromatic carbocycles. The zero-order chi connectivity index (χ0) is 39.9. The Labute approximate surface area is 317 Å². The standard InChI is InChI=1S/C35H48FN11O6S/c1-19(2)16-26(32(52)46-27(18-28(37)48)33(53)44-25(29(38)49)17-20-5-9-22(36)10-6-20)45-31(51)24(4-3-13-41-34(39)40)43-30(50)21-7-11-23(12-8-21)47-15-14-42-35(47)54/h5-12,19,24-27H,3-4,13-18H2,1-2H3,(H2,37,48)(H2,38,49)(H,42,54)(H,43,50)(H,44,53)(H,45,51)(H,46,52)(H4,39,40,41)/t24-,25-,26-,27-/m0/s1. The Bertz CT molecular complexity index is 1700. The lowest BCUT2D eigenvalue weighted by Gasteiger charge is -2.27. The Morgan fingerprint density at radius 1 is 0.833 bits per heavy atom.